The lowest BCUT2D eigenvalue weighted by Gasteiger charge is -2.13. The fraction of sp³-hybridized carbons (Fsp3) is 0. The molecule has 0 saturated heterocycles. The molecular weight excluding hydrogens is 270 g/mol. The number of anilines is 1. The van der Waals surface area contributed by atoms with Crippen LogP contribution in [0.3, 0.4) is 0 Å². The van der Waals surface area contributed by atoms with Crippen molar-refractivity contribution >= 4 is 17.4 Å². The molecule has 0 radical (unpaired) electrons. The van der Waals surface area contributed by atoms with Crippen molar-refractivity contribution in [3.05, 3.63) is 66.1 Å². The number of hydrogen-bond acceptors (Lipinski definition) is 3. The molecule has 2 heterocycles. The molecule has 0 aliphatic heterocycles. The Morgan fingerprint density at radius 2 is 1.60 bits per heavy atom. The van der Waals surface area contributed by atoms with Crippen LogP contribution in [0.15, 0.2) is 61.1 Å². The Balaban J connectivity index is 2.29. The van der Waals surface area contributed by atoms with E-state index in [2.05, 4.69) is 9.97 Å². The molecular formula is C16H12ClN3. The maximum Gasteiger partial charge on any atom is 0.131 e. The van der Waals surface area contributed by atoms with E-state index >= 15 is 0 Å². The number of nitrogen functional groups attached to an aromatic ring is 1. The van der Waals surface area contributed by atoms with Crippen molar-refractivity contribution in [1.29, 1.82) is 0 Å². The lowest BCUT2D eigenvalue weighted by Crippen LogP contribution is -1.97. The summed E-state index contributed by atoms with van der Waals surface area (Å²) >= 11 is 6.29. The van der Waals surface area contributed by atoms with Crippen molar-refractivity contribution < 1.29 is 0 Å². The molecule has 20 heavy (non-hydrogen) atoms. The molecule has 0 aliphatic rings. The summed E-state index contributed by atoms with van der Waals surface area (Å²) in [6.45, 7) is 0. The van der Waals surface area contributed by atoms with Crippen LogP contribution in [0.5, 0.6) is 0 Å². The molecule has 3 rings (SSSR count). The standard InChI is InChI=1S/C16H12ClN3/c17-14-4-2-1-3-13(14)15-12(7-10-20-16(15)18)11-5-8-19-9-6-11/h1-10H,(H2,18,20). The van der Waals surface area contributed by atoms with Crippen LogP contribution in [0.2, 0.25) is 5.02 Å². The van der Waals surface area contributed by atoms with Gasteiger partial charge in [0.15, 0.2) is 0 Å². The van der Waals surface area contributed by atoms with Crippen molar-refractivity contribution in [1.82, 2.24) is 9.97 Å². The maximum atomic E-state index is 6.29. The fourth-order valence-corrected chi connectivity index (χ4v) is 2.43. The Hall–Kier alpha value is -2.39. The van der Waals surface area contributed by atoms with Crippen LogP contribution in [-0.2, 0) is 0 Å². The first kappa shape index (κ1) is 12.6. The summed E-state index contributed by atoms with van der Waals surface area (Å²) in [5.41, 5.74) is 9.83. The maximum absolute atomic E-state index is 6.29. The molecule has 0 spiro atoms. The van der Waals surface area contributed by atoms with E-state index in [9.17, 15) is 0 Å². The summed E-state index contributed by atoms with van der Waals surface area (Å²) in [6.07, 6.45) is 5.20. The summed E-state index contributed by atoms with van der Waals surface area (Å²) in [7, 11) is 0. The lowest BCUT2D eigenvalue weighted by atomic mass is 9.96. The molecule has 0 bridgehead atoms. The minimum Gasteiger partial charge on any atom is -0.383 e. The zero-order valence-electron chi connectivity index (χ0n) is 10.6. The molecule has 0 aliphatic carbocycles. The zero-order valence-corrected chi connectivity index (χ0v) is 11.4. The SMILES string of the molecule is Nc1nccc(-c2ccncc2)c1-c1ccccc1Cl. The van der Waals surface area contributed by atoms with Crippen molar-refractivity contribution in [2.45, 2.75) is 0 Å². The number of halogens is 1. The summed E-state index contributed by atoms with van der Waals surface area (Å²) in [4.78, 5) is 8.23. The molecule has 1 aromatic carbocycles. The summed E-state index contributed by atoms with van der Waals surface area (Å²) in [6, 6.07) is 13.4. The van der Waals surface area contributed by atoms with E-state index in [0.29, 0.717) is 10.8 Å². The molecule has 0 fully saturated rings. The van der Waals surface area contributed by atoms with Crippen molar-refractivity contribution in [3.8, 4) is 22.3 Å². The van der Waals surface area contributed by atoms with Crippen LogP contribution < -0.4 is 5.73 Å². The highest BCUT2D eigenvalue weighted by atomic mass is 35.5. The highest BCUT2D eigenvalue weighted by Crippen LogP contribution is 2.38. The van der Waals surface area contributed by atoms with Gasteiger partial charge in [-0.25, -0.2) is 4.98 Å². The minimum atomic E-state index is 0.465. The van der Waals surface area contributed by atoms with E-state index in [1.165, 1.54) is 0 Å². The molecule has 0 saturated carbocycles. The summed E-state index contributed by atoms with van der Waals surface area (Å²) < 4.78 is 0. The van der Waals surface area contributed by atoms with Gasteiger partial charge in [-0.3, -0.25) is 4.98 Å². The average Bonchev–Trinajstić information content (AvgIpc) is 2.49. The first-order valence-electron chi connectivity index (χ1n) is 6.17. The summed E-state index contributed by atoms with van der Waals surface area (Å²) in [5.74, 6) is 0.465. The third-order valence-electron chi connectivity index (χ3n) is 3.11. The Kier molecular flexibility index (Phi) is 3.35. The van der Waals surface area contributed by atoms with Gasteiger partial charge in [0.05, 0.1) is 0 Å². The molecule has 0 atom stereocenters. The van der Waals surface area contributed by atoms with E-state index in [1.54, 1.807) is 18.6 Å². The van der Waals surface area contributed by atoms with Gasteiger partial charge in [-0.15, -0.1) is 0 Å². The van der Waals surface area contributed by atoms with Gasteiger partial charge in [-0.1, -0.05) is 29.8 Å². The number of nitrogens with zero attached hydrogens (tertiary/aromatic N) is 2. The molecule has 0 amide bonds. The first-order valence-corrected chi connectivity index (χ1v) is 6.55. The highest BCUT2D eigenvalue weighted by molar-refractivity contribution is 6.33. The van der Waals surface area contributed by atoms with Gasteiger partial charge >= 0.3 is 0 Å². The third-order valence-corrected chi connectivity index (χ3v) is 3.44. The average molecular weight is 282 g/mol. The second kappa shape index (κ2) is 5.31. The minimum absolute atomic E-state index is 0.465. The normalized spacial score (nSPS) is 10.4. The molecule has 3 aromatic rings. The molecule has 3 nitrogen and oxygen atoms in total. The van der Waals surface area contributed by atoms with Crippen molar-refractivity contribution in [3.63, 3.8) is 0 Å². The number of rotatable bonds is 2. The number of pyridine rings is 2. The van der Waals surface area contributed by atoms with Gasteiger partial charge in [0.2, 0.25) is 0 Å². The van der Waals surface area contributed by atoms with Crippen LogP contribution in [0.25, 0.3) is 22.3 Å². The lowest BCUT2D eigenvalue weighted by molar-refractivity contribution is 1.31. The van der Waals surface area contributed by atoms with Crippen LogP contribution in [0, 0.1) is 0 Å². The second-order valence-corrected chi connectivity index (χ2v) is 4.74. The van der Waals surface area contributed by atoms with E-state index in [-0.39, 0.29) is 0 Å². The Labute approximate surface area is 122 Å². The Morgan fingerprint density at radius 1 is 0.850 bits per heavy atom. The van der Waals surface area contributed by atoms with Gasteiger partial charge in [0.25, 0.3) is 0 Å². The van der Waals surface area contributed by atoms with Gasteiger partial charge in [-0.05, 0) is 35.4 Å². The Bertz CT molecular complexity index is 742. The predicted molar refractivity (Wildman–Crippen MR) is 82.3 cm³/mol. The molecule has 98 valence electrons. The van der Waals surface area contributed by atoms with Crippen LogP contribution in [0.1, 0.15) is 0 Å². The molecule has 2 aromatic heterocycles. The van der Waals surface area contributed by atoms with Gasteiger partial charge in [-0.2, -0.15) is 0 Å². The van der Waals surface area contributed by atoms with Gasteiger partial charge < -0.3 is 5.73 Å². The zero-order chi connectivity index (χ0) is 13.9. The van der Waals surface area contributed by atoms with E-state index in [1.807, 2.05) is 42.5 Å². The van der Waals surface area contributed by atoms with Crippen molar-refractivity contribution in [2.24, 2.45) is 0 Å². The van der Waals surface area contributed by atoms with E-state index in [4.69, 9.17) is 17.3 Å². The van der Waals surface area contributed by atoms with Gasteiger partial charge in [0, 0.05) is 34.7 Å². The van der Waals surface area contributed by atoms with Crippen molar-refractivity contribution in [2.75, 3.05) is 5.73 Å². The second-order valence-electron chi connectivity index (χ2n) is 4.33. The largest absolute Gasteiger partial charge is 0.383 e. The van der Waals surface area contributed by atoms with Crippen LogP contribution in [0.4, 0.5) is 5.82 Å². The van der Waals surface area contributed by atoms with E-state index in [0.717, 1.165) is 22.3 Å². The third kappa shape index (κ3) is 2.24. The number of aromatic nitrogens is 2. The monoisotopic (exact) mass is 281 g/mol. The van der Waals surface area contributed by atoms with E-state index < -0.39 is 0 Å². The molecule has 4 heteroatoms. The predicted octanol–water partition coefficient (Wildman–Crippen LogP) is 4.05. The highest BCUT2D eigenvalue weighted by Gasteiger charge is 2.13. The molecule has 0 unspecified atom stereocenters. The van der Waals surface area contributed by atoms with Crippen LogP contribution in [-0.4, -0.2) is 9.97 Å². The van der Waals surface area contributed by atoms with Crippen LogP contribution >= 0.6 is 11.6 Å². The molecule has 2 N–H and O–H groups in total. The number of benzene rings is 1. The number of hydrogen-bond donors (Lipinski definition) is 1. The first-order chi connectivity index (χ1) is 9.77. The number of nitrogens with two attached hydrogens (primary N) is 1. The Morgan fingerprint density at radius 3 is 2.35 bits per heavy atom. The van der Waals surface area contributed by atoms with Gasteiger partial charge in [0.1, 0.15) is 5.82 Å². The topological polar surface area (TPSA) is 51.8 Å². The quantitative estimate of drug-likeness (QED) is 0.771. The smallest absolute Gasteiger partial charge is 0.131 e. The fourth-order valence-electron chi connectivity index (χ4n) is 2.20. The summed E-state index contributed by atoms with van der Waals surface area (Å²) in [5, 5.41) is 0.655.